The van der Waals surface area contributed by atoms with Gasteiger partial charge in [-0.25, -0.2) is 0 Å². The van der Waals surface area contributed by atoms with Gasteiger partial charge in [0.05, 0.1) is 13.2 Å². The maximum absolute atomic E-state index is 5.76. The first-order valence-corrected chi connectivity index (χ1v) is 6.69. The molecule has 0 bridgehead atoms. The van der Waals surface area contributed by atoms with E-state index in [0.29, 0.717) is 5.92 Å². The SMILES string of the molecule is CCCNCC(CC)COCc1ccccc1. The molecule has 0 aliphatic rings. The smallest absolute Gasteiger partial charge is 0.0717 e. The molecule has 0 amide bonds. The highest BCUT2D eigenvalue weighted by Gasteiger charge is 2.05. The van der Waals surface area contributed by atoms with Crippen LogP contribution in [0.15, 0.2) is 30.3 Å². The first kappa shape index (κ1) is 14.2. The average Bonchev–Trinajstić information content (AvgIpc) is 2.38. The molecule has 0 aliphatic carbocycles. The van der Waals surface area contributed by atoms with Crippen LogP contribution in [0.25, 0.3) is 0 Å². The van der Waals surface area contributed by atoms with Crippen LogP contribution in [0.3, 0.4) is 0 Å². The summed E-state index contributed by atoms with van der Waals surface area (Å²) < 4.78 is 5.76. The van der Waals surface area contributed by atoms with Crippen molar-refractivity contribution in [2.75, 3.05) is 19.7 Å². The zero-order valence-electron chi connectivity index (χ0n) is 11.1. The molecule has 1 aromatic carbocycles. The predicted octanol–water partition coefficient (Wildman–Crippen LogP) is 3.23. The number of hydrogen-bond donors (Lipinski definition) is 1. The Morgan fingerprint density at radius 2 is 1.94 bits per heavy atom. The van der Waals surface area contributed by atoms with E-state index in [1.165, 1.54) is 18.4 Å². The Bertz CT molecular complexity index is 274. The van der Waals surface area contributed by atoms with Crippen LogP contribution < -0.4 is 5.32 Å². The summed E-state index contributed by atoms with van der Waals surface area (Å²) in [6.07, 6.45) is 2.37. The standard InChI is InChI=1S/C15H25NO/c1-3-10-16-11-14(4-2)12-17-13-15-8-6-5-7-9-15/h5-9,14,16H,3-4,10-13H2,1-2H3. The molecule has 0 heterocycles. The van der Waals surface area contributed by atoms with Gasteiger partial charge in [0.25, 0.3) is 0 Å². The van der Waals surface area contributed by atoms with Crippen molar-refractivity contribution < 1.29 is 4.74 Å². The van der Waals surface area contributed by atoms with Gasteiger partial charge in [-0.15, -0.1) is 0 Å². The van der Waals surface area contributed by atoms with Crippen LogP contribution in [0.5, 0.6) is 0 Å². The van der Waals surface area contributed by atoms with Crippen LogP contribution >= 0.6 is 0 Å². The summed E-state index contributed by atoms with van der Waals surface area (Å²) in [5.74, 6) is 0.630. The predicted molar refractivity (Wildman–Crippen MR) is 73.0 cm³/mol. The molecule has 1 atom stereocenters. The molecular weight excluding hydrogens is 210 g/mol. The molecule has 96 valence electrons. The first-order valence-electron chi connectivity index (χ1n) is 6.69. The van der Waals surface area contributed by atoms with Crippen molar-refractivity contribution in [1.29, 1.82) is 0 Å². The minimum Gasteiger partial charge on any atom is -0.376 e. The molecule has 1 aromatic rings. The van der Waals surface area contributed by atoms with Crippen molar-refractivity contribution in [2.24, 2.45) is 5.92 Å². The fraction of sp³-hybridized carbons (Fsp3) is 0.600. The number of hydrogen-bond acceptors (Lipinski definition) is 2. The van der Waals surface area contributed by atoms with Crippen molar-refractivity contribution in [3.8, 4) is 0 Å². The van der Waals surface area contributed by atoms with Crippen LogP contribution in [0.4, 0.5) is 0 Å². The Labute approximate surface area is 105 Å². The van der Waals surface area contributed by atoms with Gasteiger partial charge >= 0.3 is 0 Å². The maximum atomic E-state index is 5.76. The molecule has 0 aromatic heterocycles. The van der Waals surface area contributed by atoms with Gasteiger partial charge in [-0.05, 0) is 30.9 Å². The van der Waals surface area contributed by atoms with Crippen LogP contribution in [-0.2, 0) is 11.3 Å². The van der Waals surface area contributed by atoms with E-state index < -0.39 is 0 Å². The van der Waals surface area contributed by atoms with Crippen molar-refractivity contribution >= 4 is 0 Å². The van der Waals surface area contributed by atoms with E-state index in [1.54, 1.807) is 0 Å². The summed E-state index contributed by atoms with van der Waals surface area (Å²) in [6.45, 7) is 8.17. The minimum atomic E-state index is 0.630. The Balaban J connectivity index is 2.15. The van der Waals surface area contributed by atoms with E-state index in [0.717, 1.165) is 26.3 Å². The van der Waals surface area contributed by atoms with Crippen molar-refractivity contribution in [3.63, 3.8) is 0 Å². The van der Waals surface area contributed by atoms with E-state index >= 15 is 0 Å². The topological polar surface area (TPSA) is 21.3 Å². The Morgan fingerprint density at radius 3 is 2.59 bits per heavy atom. The van der Waals surface area contributed by atoms with Crippen molar-refractivity contribution in [1.82, 2.24) is 5.32 Å². The second-order valence-corrected chi connectivity index (χ2v) is 4.48. The largest absolute Gasteiger partial charge is 0.376 e. The second kappa shape index (κ2) is 9.20. The van der Waals surface area contributed by atoms with Crippen LogP contribution in [0.1, 0.15) is 32.3 Å². The molecule has 17 heavy (non-hydrogen) atoms. The quantitative estimate of drug-likeness (QED) is 0.664. The minimum absolute atomic E-state index is 0.630. The Kier molecular flexibility index (Phi) is 7.69. The van der Waals surface area contributed by atoms with E-state index in [2.05, 4.69) is 43.4 Å². The highest BCUT2D eigenvalue weighted by Crippen LogP contribution is 2.05. The Hall–Kier alpha value is -0.860. The average molecular weight is 235 g/mol. The molecule has 0 saturated heterocycles. The highest BCUT2D eigenvalue weighted by molar-refractivity contribution is 5.13. The molecule has 2 nitrogen and oxygen atoms in total. The van der Waals surface area contributed by atoms with Gasteiger partial charge < -0.3 is 10.1 Å². The summed E-state index contributed by atoms with van der Waals surface area (Å²) >= 11 is 0. The van der Waals surface area contributed by atoms with Gasteiger partial charge in [0, 0.05) is 6.54 Å². The van der Waals surface area contributed by atoms with Crippen LogP contribution in [0, 0.1) is 5.92 Å². The van der Waals surface area contributed by atoms with Gasteiger partial charge in [-0.3, -0.25) is 0 Å². The summed E-state index contributed by atoms with van der Waals surface area (Å²) in [5.41, 5.74) is 1.25. The summed E-state index contributed by atoms with van der Waals surface area (Å²) in [6, 6.07) is 10.4. The van der Waals surface area contributed by atoms with Crippen LogP contribution in [-0.4, -0.2) is 19.7 Å². The highest BCUT2D eigenvalue weighted by atomic mass is 16.5. The first-order chi connectivity index (χ1) is 8.36. The lowest BCUT2D eigenvalue weighted by atomic mass is 10.1. The second-order valence-electron chi connectivity index (χ2n) is 4.48. The van der Waals surface area contributed by atoms with Gasteiger partial charge in [0.15, 0.2) is 0 Å². The molecular formula is C15H25NO. The van der Waals surface area contributed by atoms with E-state index in [1.807, 2.05) is 6.07 Å². The molecule has 1 N–H and O–H groups in total. The number of rotatable bonds is 9. The molecule has 1 unspecified atom stereocenters. The van der Waals surface area contributed by atoms with Crippen LogP contribution in [0.2, 0.25) is 0 Å². The summed E-state index contributed by atoms with van der Waals surface area (Å²) in [7, 11) is 0. The fourth-order valence-electron chi connectivity index (χ4n) is 1.72. The van der Waals surface area contributed by atoms with Gasteiger partial charge in [0.1, 0.15) is 0 Å². The zero-order chi connectivity index (χ0) is 12.3. The number of nitrogens with one attached hydrogen (secondary N) is 1. The maximum Gasteiger partial charge on any atom is 0.0717 e. The molecule has 0 aliphatic heterocycles. The molecule has 0 fully saturated rings. The van der Waals surface area contributed by atoms with E-state index in [9.17, 15) is 0 Å². The lowest BCUT2D eigenvalue weighted by Crippen LogP contribution is -2.26. The third-order valence-corrected chi connectivity index (χ3v) is 2.90. The number of ether oxygens (including phenoxy) is 1. The third-order valence-electron chi connectivity index (χ3n) is 2.90. The van der Waals surface area contributed by atoms with Gasteiger partial charge in [0.2, 0.25) is 0 Å². The lowest BCUT2D eigenvalue weighted by Gasteiger charge is -2.15. The summed E-state index contributed by atoms with van der Waals surface area (Å²) in [4.78, 5) is 0. The summed E-state index contributed by atoms with van der Waals surface area (Å²) in [5, 5.41) is 3.45. The van der Waals surface area contributed by atoms with E-state index in [4.69, 9.17) is 4.74 Å². The fourth-order valence-corrected chi connectivity index (χ4v) is 1.72. The van der Waals surface area contributed by atoms with Crippen molar-refractivity contribution in [2.45, 2.75) is 33.3 Å². The monoisotopic (exact) mass is 235 g/mol. The van der Waals surface area contributed by atoms with Gasteiger partial charge in [-0.2, -0.15) is 0 Å². The molecule has 2 heteroatoms. The normalized spacial score (nSPS) is 12.6. The van der Waals surface area contributed by atoms with Crippen molar-refractivity contribution in [3.05, 3.63) is 35.9 Å². The van der Waals surface area contributed by atoms with Gasteiger partial charge in [-0.1, -0.05) is 44.2 Å². The zero-order valence-corrected chi connectivity index (χ0v) is 11.1. The van der Waals surface area contributed by atoms with E-state index in [-0.39, 0.29) is 0 Å². The molecule has 1 rings (SSSR count). The molecule has 0 spiro atoms. The number of benzene rings is 1. The third kappa shape index (κ3) is 6.44. The molecule has 0 saturated carbocycles. The Morgan fingerprint density at radius 1 is 1.18 bits per heavy atom. The lowest BCUT2D eigenvalue weighted by molar-refractivity contribution is 0.0853. The molecule has 0 radical (unpaired) electrons.